The van der Waals surface area contributed by atoms with E-state index in [0.717, 1.165) is 24.8 Å². The molecule has 0 radical (unpaired) electrons. The maximum absolute atomic E-state index is 13.7. The summed E-state index contributed by atoms with van der Waals surface area (Å²) in [6.45, 7) is 3.57. The van der Waals surface area contributed by atoms with Gasteiger partial charge in [0.25, 0.3) is 0 Å². The number of primary amides is 1. The zero-order valence-electron chi connectivity index (χ0n) is 26.1. The fourth-order valence-electron chi connectivity index (χ4n) is 5.79. The number of benzene rings is 1. The first kappa shape index (κ1) is 37.6. The molecule has 1 aromatic rings. The van der Waals surface area contributed by atoms with Crippen LogP contribution in [-0.2, 0) is 39.9 Å². The van der Waals surface area contributed by atoms with Gasteiger partial charge >= 0.3 is 0 Å². The SMILES string of the molecule is C=O.CP(=O)(O)CCCCCC(=O)N[C@H]1CCCCC2CC[C@@H](C(=O)N[C@@H](CCC(N)=O)C(=O)NCc3ccccc3)N2C1=O. The van der Waals surface area contributed by atoms with Crippen molar-refractivity contribution in [3.63, 3.8) is 0 Å². The summed E-state index contributed by atoms with van der Waals surface area (Å²) in [5.41, 5.74) is 6.20. The molecule has 5 amide bonds. The summed E-state index contributed by atoms with van der Waals surface area (Å²) in [6.07, 6.45) is 6.02. The van der Waals surface area contributed by atoms with Gasteiger partial charge in [0, 0.05) is 38.3 Å². The molecule has 14 heteroatoms. The number of unbranched alkanes of at least 4 members (excludes halogenated alkanes) is 2. The molecule has 45 heavy (non-hydrogen) atoms. The molecule has 0 spiro atoms. The van der Waals surface area contributed by atoms with E-state index in [0.29, 0.717) is 38.5 Å². The Labute approximate surface area is 264 Å². The first-order valence-corrected chi connectivity index (χ1v) is 17.8. The number of hydrogen-bond donors (Lipinski definition) is 5. The van der Waals surface area contributed by atoms with Gasteiger partial charge in [-0.1, -0.05) is 49.6 Å². The normalized spacial score (nSPS) is 21.4. The maximum atomic E-state index is 13.7. The van der Waals surface area contributed by atoms with Crippen LogP contribution in [0.4, 0.5) is 0 Å². The van der Waals surface area contributed by atoms with Crippen LogP contribution in [0.25, 0.3) is 0 Å². The van der Waals surface area contributed by atoms with E-state index < -0.39 is 43.2 Å². The van der Waals surface area contributed by atoms with Crippen molar-refractivity contribution in [3.8, 4) is 0 Å². The highest BCUT2D eigenvalue weighted by atomic mass is 31.2. The third-order valence-corrected chi connectivity index (χ3v) is 9.22. The monoisotopic (exact) mass is 649 g/mol. The molecule has 13 nitrogen and oxygen atoms in total. The van der Waals surface area contributed by atoms with Crippen LogP contribution in [0.3, 0.4) is 0 Å². The summed E-state index contributed by atoms with van der Waals surface area (Å²) >= 11 is 0. The van der Waals surface area contributed by atoms with Crippen LogP contribution in [0.1, 0.15) is 82.6 Å². The minimum atomic E-state index is -3.07. The van der Waals surface area contributed by atoms with Crippen LogP contribution in [0, 0.1) is 0 Å². The summed E-state index contributed by atoms with van der Waals surface area (Å²) in [6, 6.07) is 6.60. The molecule has 2 fully saturated rings. The Kier molecular flexibility index (Phi) is 15.9. The van der Waals surface area contributed by atoms with E-state index >= 15 is 0 Å². The maximum Gasteiger partial charge on any atom is 0.246 e. The molecule has 2 aliphatic rings. The second kappa shape index (κ2) is 19.1. The Balaban J connectivity index is 0.00000345. The van der Waals surface area contributed by atoms with E-state index in [-0.39, 0.29) is 49.8 Å². The molecule has 3 rings (SSSR count). The highest BCUT2D eigenvalue weighted by molar-refractivity contribution is 7.57. The summed E-state index contributed by atoms with van der Waals surface area (Å²) in [5, 5.41) is 8.43. The van der Waals surface area contributed by atoms with Gasteiger partial charge in [-0.15, -0.1) is 0 Å². The number of rotatable bonds is 15. The molecule has 2 saturated heterocycles. The van der Waals surface area contributed by atoms with Gasteiger partial charge < -0.3 is 36.3 Å². The van der Waals surface area contributed by atoms with Crippen molar-refractivity contribution < 1.29 is 38.2 Å². The number of amides is 5. The molecule has 250 valence electrons. The predicted octanol–water partition coefficient (Wildman–Crippen LogP) is 1.75. The van der Waals surface area contributed by atoms with E-state index in [1.807, 2.05) is 37.1 Å². The average Bonchev–Trinajstić information content (AvgIpc) is 3.42. The van der Waals surface area contributed by atoms with E-state index in [4.69, 9.17) is 10.5 Å². The van der Waals surface area contributed by atoms with Gasteiger partial charge in [0.05, 0.1) is 0 Å². The third-order valence-electron chi connectivity index (χ3n) is 8.07. The molecule has 0 aliphatic carbocycles. The lowest BCUT2D eigenvalue weighted by molar-refractivity contribution is -0.144. The molecule has 0 aromatic heterocycles. The Hall–Kier alpha value is -3.57. The van der Waals surface area contributed by atoms with Crippen molar-refractivity contribution in [2.24, 2.45) is 5.73 Å². The van der Waals surface area contributed by atoms with Crippen LogP contribution in [0.2, 0.25) is 0 Å². The lowest BCUT2D eigenvalue weighted by Gasteiger charge is -2.35. The first-order chi connectivity index (χ1) is 21.4. The predicted molar refractivity (Wildman–Crippen MR) is 169 cm³/mol. The summed E-state index contributed by atoms with van der Waals surface area (Å²) < 4.78 is 11.4. The van der Waals surface area contributed by atoms with Crippen molar-refractivity contribution in [2.45, 2.75) is 108 Å². The van der Waals surface area contributed by atoms with Crippen LogP contribution in [0.15, 0.2) is 30.3 Å². The van der Waals surface area contributed by atoms with Crippen LogP contribution in [0.5, 0.6) is 0 Å². The van der Waals surface area contributed by atoms with Gasteiger partial charge in [-0.3, -0.25) is 28.5 Å². The van der Waals surface area contributed by atoms with Gasteiger partial charge in [-0.05, 0) is 50.5 Å². The lowest BCUT2D eigenvalue weighted by Crippen LogP contribution is -2.58. The van der Waals surface area contributed by atoms with Crippen LogP contribution >= 0.6 is 7.37 Å². The standard InChI is InChI=1S/C30H46N5O7P.CH2O/c1-43(41,42)19-9-3-6-14-27(37)33-24-13-8-7-12-22-15-17-25(35(22)30(24)40)29(39)34-23(16-18-26(31)36)28(38)32-20-21-10-4-2-5-11-21;1-2/h2,4-5,10-11,22-25H,3,6-9,12-20H2,1H3,(H2,31,36)(H,32,38)(H,33,37)(H,34,39)(H,41,42);1H2/t22?,23-,24-,25-;/m0./s1. The Bertz CT molecular complexity index is 1190. The summed E-state index contributed by atoms with van der Waals surface area (Å²) in [4.78, 5) is 83.5. The minimum absolute atomic E-state index is 0.0264. The van der Waals surface area contributed by atoms with Crippen LogP contribution in [-0.4, -0.2) is 83.1 Å². The molecule has 0 bridgehead atoms. The zero-order valence-corrected chi connectivity index (χ0v) is 27.0. The first-order valence-electron chi connectivity index (χ1n) is 15.5. The molecule has 2 aliphatic heterocycles. The molecule has 6 N–H and O–H groups in total. The second-order valence-electron chi connectivity index (χ2n) is 11.8. The fourth-order valence-corrected chi connectivity index (χ4v) is 6.60. The number of carbonyl (C=O) groups excluding carboxylic acids is 6. The number of carbonyl (C=O) groups is 6. The van der Waals surface area contributed by atoms with E-state index in [1.54, 1.807) is 4.90 Å². The quantitative estimate of drug-likeness (QED) is 0.139. The van der Waals surface area contributed by atoms with E-state index in [1.165, 1.54) is 6.66 Å². The molecule has 0 saturated carbocycles. The number of nitrogens with zero attached hydrogens (tertiary/aromatic N) is 1. The molecular formula is C31H48N5O8P. The summed E-state index contributed by atoms with van der Waals surface area (Å²) in [7, 11) is -3.07. The van der Waals surface area contributed by atoms with Crippen molar-refractivity contribution in [2.75, 3.05) is 12.8 Å². The van der Waals surface area contributed by atoms with Crippen molar-refractivity contribution in [1.29, 1.82) is 0 Å². The topological polar surface area (TPSA) is 205 Å². The van der Waals surface area contributed by atoms with Gasteiger partial charge in [0.1, 0.15) is 24.9 Å². The Morgan fingerprint density at radius 3 is 2.38 bits per heavy atom. The summed E-state index contributed by atoms with van der Waals surface area (Å²) in [5.74, 6) is -2.07. The van der Waals surface area contributed by atoms with Crippen molar-refractivity contribution >= 4 is 43.7 Å². The molecular weight excluding hydrogens is 601 g/mol. The van der Waals surface area contributed by atoms with Crippen molar-refractivity contribution in [3.05, 3.63) is 35.9 Å². The Morgan fingerprint density at radius 2 is 1.71 bits per heavy atom. The van der Waals surface area contributed by atoms with E-state index in [9.17, 15) is 33.4 Å². The number of nitrogens with two attached hydrogens (primary N) is 1. The lowest BCUT2D eigenvalue weighted by atomic mass is 9.98. The fraction of sp³-hybridized carbons (Fsp3) is 0.613. The molecule has 1 aromatic carbocycles. The van der Waals surface area contributed by atoms with Gasteiger partial charge in [-0.25, -0.2) is 0 Å². The molecule has 5 atom stereocenters. The largest absolute Gasteiger partial charge is 0.370 e. The average molecular weight is 650 g/mol. The van der Waals surface area contributed by atoms with Gasteiger partial charge in [0.2, 0.25) is 29.5 Å². The minimum Gasteiger partial charge on any atom is -0.370 e. The highest BCUT2D eigenvalue weighted by Crippen LogP contribution is 2.36. The smallest absolute Gasteiger partial charge is 0.246 e. The third kappa shape index (κ3) is 13.1. The zero-order chi connectivity index (χ0) is 33.4. The van der Waals surface area contributed by atoms with Crippen molar-refractivity contribution in [1.82, 2.24) is 20.9 Å². The highest BCUT2D eigenvalue weighted by Gasteiger charge is 2.44. The number of hydrogen-bond acceptors (Lipinski definition) is 7. The van der Waals surface area contributed by atoms with Gasteiger partial charge in [-0.2, -0.15) is 0 Å². The van der Waals surface area contributed by atoms with Crippen LogP contribution < -0.4 is 21.7 Å². The second-order valence-corrected chi connectivity index (χ2v) is 14.3. The number of fused-ring (bicyclic) bond motifs is 1. The molecule has 2 unspecified atom stereocenters. The Morgan fingerprint density at radius 1 is 1.02 bits per heavy atom. The number of nitrogens with one attached hydrogen (secondary N) is 3. The molecule has 2 heterocycles. The van der Waals surface area contributed by atoms with E-state index in [2.05, 4.69) is 16.0 Å². The van der Waals surface area contributed by atoms with Gasteiger partial charge in [0.15, 0.2) is 7.37 Å².